The van der Waals surface area contributed by atoms with E-state index in [1.54, 1.807) is 26.8 Å². The smallest absolute Gasteiger partial charge is 0.143 e. The first-order chi connectivity index (χ1) is 22.1. The van der Waals surface area contributed by atoms with Crippen molar-refractivity contribution >= 4 is 11.0 Å². The second-order valence-electron chi connectivity index (χ2n) is 11.0. The number of aromatic nitrogens is 2. The van der Waals surface area contributed by atoms with Crippen LogP contribution in [-0.2, 0) is 15.1 Å². The van der Waals surface area contributed by atoms with E-state index in [4.69, 9.17) is 28.3 Å². The quantitative estimate of drug-likeness (QED) is 0.169. The number of nitrogens with zero attached hydrogens (tertiary/aromatic N) is 2. The van der Waals surface area contributed by atoms with Crippen LogP contribution in [0.15, 0.2) is 126 Å². The first kappa shape index (κ1) is 28.9. The Hall–Kier alpha value is -4.89. The van der Waals surface area contributed by atoms with E-state index in [1.807, 2.05) is 102 Å². The van der Waals surface area contributed by atoms with Gasteiger partial charge in [-0.05, 0) is 65.2 Å². The van der Waals surface area contributed by atoms with Gasteiger partial charge in [0.05, 0.1) is 50.6 Å². The third kappa shape index (κ3) is 5.27. The van der Waals surface area contributed by atoms with Gasteiger partial charge >= 0.3 is 0 Å². The number of ether oxygens (including phenoxy) is 4. The second-order valence-corrected chi connectivity index (χ2v) is 11.0. The van der Waals surface area contributed by atoms with Crippen LogP contribution in [-0.4, -0.2) is 47.7 Å². The van der Waals surface area contributed by atoms with E-state index < -0.39 is 24.0 Å². The van der Waals surface area contributed by atoms with Crippen molar-refractivity contribution in [2.75, 3.05) is 20.8 Å². The zero-order valence-corrected chi connectivity index (χ0v) is 25.1. The summed E-state index contributed by atoms with van der Waals surface area (Å²) in [6.07, 6.45) is 2.06. The third-order valence-corrected chi connectivity index (χ3v) is 8.54. The molecule has 1 aliphatic heterocycles. The highest BCUT2D eigenvalue weighted by molar-refractivity contribution is 5.90. The molecule has 8 heteroatoms. The van der Waals surface area contributed by atoms with Gasteiger partial charge in [-0.25, -0.2) is 4.98 Å². The van der Waals surface area contributed by atoms with Gasteiger partial charge in [0.25, 0.3) is 0 Å². The first-order valence-corrected chi connectivity index (χ1v) is 14.9. The molecule has 0 saturated carbocycles. The largest absolute Gasteiger partial charge is 0.497 e. The van der Waals surface area contributed by atoms with Gasteiger partial charge in [-0.3, -0.25) is 0 Å². The van der Waals surface area contributed by atoms with Crippen molar-refractivity contribution in [3.8, 4) is 22.8 Å². The summed E-state index contributed by atoms with van der Waals surface area (Å²) in [6, 6.07) is 35.6. The Morgan fingerprint density at radius 1 is 0.800 bits per heavy atom. The second kappa shape index (κ2) is 12.2. The number of hydrogen-bond acceptors (Lipinski definition) is 7. The lowest BCUT2D eigenvalue weighted by Crippen LogP contribution is -2.38. The van der Waals surface area contributed by atoms with E-state index >= 15 is 0 Å². The molecule has 1 saturated heterocycles. The molecule has 1 N–H and O–H groups in total. The van der Waals surface area contributed by atoms with E-state index in [0.717, 1.165) is 50.5 Å². The molecule has 0 spiro atoms. The Balaban J connectivity index is 1.23. The van der Waals surface area contributed by atoms with E-state index in [0.29, 0.717) is 6.42 Å². The maximum absolute atomic E-state index is 11.3. The number of imidazole rings is 1. The fraction of sp³-hybridized carbons (Fsp3) is 0.216. The molecule has 3 heterocycles. The van der Waals surface area contributed by atoms with Gasteiger partial charge < -0.3 is 33.0 Å². The molecule has 228 valence electrons. The van der Waals surface area contributed by atoms with Crippen LogP contribution >= 0.6 is 0 Å². The molecule has 1 fully saturated rings. The number of para-hydroxylation sites is 1. The molecule has 0 unspecified atom stereocenters. The zero-order chi connectivity index (χ0) is 30.8. The SMILES string of the molecule is COc1ccc(C(OC[C@H]2O[C@@H](n3cnc4c(-c5ccco5)cccc43)C[C@@H]2O)(c2ccccc2)c2ccc(OC)cc2)cc1. The number of hydrogen-bond donors (Lipinski definition) is 1. The van der Waals surface area contributed by atoms with Crippen LogP contribution in [0, 0.1) is 0 Å². The van der Waals surface area contributed by atoms with Crippen molar-refractivity contribution in [2.24, 2.45) is 0 Å². The molecular formula is C37H34N2O6. The van der Waals surface area contributed by atoms with Crippen LogP contribution in [0.1, 0.15) is 29.3 Å². The lowest BCUT2D eigenvalue weighted by molar-refractivity contribution is -0.0930. The predicted molar refractivity (Wildman–Crippen MR) is 170 cm³/mol. The monoisotopic (exact) mass is 602 g/mol. The lowest BCUT2D eigenvalue weighted by Gasteiger charge is -2.37. The Bertz CT molecular complexity index is 1800. The number of furan rings is 1. The summed E-state index contributed by atoms with van der Waals surface area (Å²) < 4.78 is 32.1. The topological polar surface area (TPSA) is 88.1 Å². The van der Waals surface area contributed by atoms with Gasteiger partial charge in [0.2, 0.25) is 0 Å². The molecule has 3 atom stereocenters. The maximum Gasteiger partial charge on any atom is 0.143 e. The molecule has 2 aromatic heterocycles. The summed E-state index contributed by atoms with van der Waals surface area (Å²) in [6.45, 7) is 0.134. The van der Waals surface area contributed by atoms with Crippen molar-refractivity contribution in [1.29, 1.82) is 0 Å². The van der Waals surface area contributed by atoms with Crippen molar-refractivity contribution in [1.82, 2.24) is 9.55 Å². The summed E-state index contributed by atoms with van der Waals surface area (Å²) >= 11 is 0. The van der Waals surface area contributed by atoms with Crippen molar-refractivity contribution in [3.63, 3.8) is 0 Å². The fourth-order valence-electron chi connectivity index (χ4n) is 6.23. The average molecular weight is 603 g/mol. The lowest BCUT2D eigenvalue weighted by atomic mass is 9.80. The van der Waals surface area contributed by atoms with Gasteiger partial charge in [0.1, 0.15) is 35.2 Å². The van der Waals surface area contributed by atoms with Crippen molar-refractivity contribution in [2.45, 2.75) is 30.5 Å². The van der Waals surface area contributed by atoms with E-state index in [9.17, 15) is 5.11 Å². The molecule has 0 radical (unpaired) electrons. The minimum atomic E-state index is -1.01. The predicted octanol–water partition coefficient (Wildman–Crippen LogP) is 6.97. The van der Waals surface area contributed by atoms with Crippen LogP contribution in [0.4, 0.5) is 0 Å². The minimum absolute atomic E-state index is 0.134. The number of methoxy groups -OCH3 is 2. The number of fused-ring (bicyclic) bond motifs is 1. The van der Waals surface area contributed by atoms with E-state index in [-0.39, 0.29) is 6.61 Å². The number of aliphatic hydroxyl groups is 1. The Kier molecular flexibility index (Phi) is 7.85. The van der Waals surface area contributed by atoms with Gasteiger partial charge in [-0.1, -0.05) is 60.7 Å². The summed E-state index contributed by atoms with van der Waals surface area (Å²) in [7, 11) is 3.30. The van der Waals surface area contributed by atoms with Crippen LogP contribution in [0.3, 0.4) is 0 Å². The molecule has 7 rings (SSSR count). The van der Waals surface area contributed by atoms with Gasteiger partial charge in [0.15, 0.2) is 0 Å². The minimum Gasteiger partial charge on any atom is -0.497 e. The molecule has 0 aliphatic carbocycles. The number of benzene rings is 4. The Morgan fingerprint density at radius 2 is 1.47 bits per heavy atom. The molecule has 0 amide bonds. The average Bonchev–Trinajstić information content (AvgIpc) is 3.87. The molecular weight excluding hydrogens is 568 g/mol. The summed E-state index contributed by atoms with van der Waals surface area (Å²) in [4.78, 5) is 4.69. The fourth-order valence-corrected chi connectivity index (χ4v) is 6.23. The highest BCUT2D eigenvalue weighted by atomic mass is 16.6. The molecule has 8 nitrogen and oxygen atoms in total. The van der Waals surface area contributed by atoms with Crippen LogP contribution < -0.4 is 9.47 Å². The summed E-state index contributed by atoms with van der Waals surface area (Å²) in [5.74, 6) is 2.24. The van der Waals surface area contributed by atoms with Gasteiger partial charge in [-0.15, -0.1) is 0 Å². The normalized spacial score (nSPS) is 18.3. The van der Waals surface area contributed by atoms with Gasteiger partial charge in [-0.2, -0.15) is 0 Å². The van der Waals surface area contributed by atoms with E-state index in [2.05, 4.69) is 12.1 Å². The Morgan fingerprint density at radius 3 is 2.09 bits per heavy atom. The molecule has 0 bridgehead atoms. The molecule has 1 aliphatic rings. The molecule has 45 heavy (non-hydrogen) atoms. The molecule has 4 aromatic carbocycles. The van der Waals surface area contributed by atoms with Crippen LogP contribution in [0.25, 0.3) is 22.4 Å². The van der Waals surface area contributed by atoms with Crippen LogP contribution in [0.5, 0.6) is 11.5 Å². The molecule has 6 aromatic rings. The number of aliphatic hydroxyl groups excluding tert-OH is 1. The maximum atomic E-state index is 11.3. The standard InChI is InChI=1S/C37H34N2O6/c1-41-28-17-13-26(14-18-28)37(25-8-4-3-5-9-25,27-15-19-29(42-2)20-16-27)44-23-34-32(40)22-35(45-34)39-24-38-36-30(10-6-11-31(36)39)33-12-7-21-43-33/h3-21,24,32,34-35,40H,22-23H2,1-2H3/t32-,34+,35+/m0/s1. The summed E-state index contributed by atoms with van der Waals surface area (Å²) in [5, 5.41) is 11.3. The van der Waals surface area contributed by atoms with Crippen molar-refractivity contribution in [3.05, 3.63) is 138 Å². The van der Waals surface area contributed by atoms with Gasteiger partial charge in [0, 0.05) is 12.0 Å². The van der Waals surface area contributed by atoms with Crippen molar-refractivity contribution < 1.29 is 28.5 Å². The first-order valence-electron chi connectivity index (χ1n) is 14.9. The zero-order valence-electron chi connectivity index (χ0n) is 25.1. The van der Waals surface area contributed by atoms with Crippen LogP contribution in [0.2, 0.25) is 0 Å². The highest BCUT2D eigenvalue weighted by Crippen LogP contribution is 2.43. The van der Waals surface area contributed by atoms with E-state index in [1.165, 1.54) is 0 Å². The highest BCUT2D eigenvalue weighted by Gasteiger charge is 2.42. The summed E-state index contributed by atoms with van der Waals surface area (Å²) in [5.41, 5.74) is 4.37. The third-order valence-electron chi connectivity index (χ3n) is 8.54. The Labute approximate surface area is 261 Å². The number of rotatable bonds is 10.